The molecule has 7 heteroatoms. The molecule has 78 valence electrons. The van der Waals surface area contributed by atoms with E-state index in [4.69, 9.17) is 21.1 Å². The molecule has 0 aromatic heterocycles. The number of hydrogen-bond donors (Lipinski definition) is 4. The summed E-state index contributed by atoms with van der Waals surface area (Å²) in [7, 11) is 0. The van der Waals surface area contributed by atoms with Crippen LogP contribution in [0.15, 0.2) is 0 Å². The van der Waals surface area contributed by atoms with E-state index in [-0.39, 0.29) is 0 Å². The molecule has 0 bridgehead atoms. The van der Waals surface area contributed by atoms with Crippen LogP contribution in [0.1, 0.15) is 0 Å². The van der Waals surface area contributed by atoms with Gasteiger partial charge in [0.2, 0.25) is 0 Å². The van der Waals surface area contributed by atoms with Crippen LogP contribution in [0.2, 0.25) is 0 Å². The van der Waals surface area contributed by atoms with Crippen LogP contribution in [0.4, 0.5) is 0 Å². The van der Waals surface area contributed by atoms with Gasteiger partial charge in [-0.05, 0) is 0 Å². The van der Waals surface area contributed by atoms with Crippen molar-refractivity contribution < 1.29 is 29.7 Å². The molecule has 0 aromatic rings. The van der Waals surface area contributed by atoms with E-state index in [2.05, 4.69) is 0 Å². The predicted molar refractivity (Wildman–Crippen MR) is 41.4 cm³/mol. The third-order valence-corrected chi connectivity index (χ3v) is 2.35. The van der Waals surface area contributed by atoms with Gasteiger partial charge in [-0.2, -0.15) is 0 Å². The number of rotatable bonds is 4. The zero-order valence-electron chi connectivity index (χ0n) is 6.95. The number of aliphatic carboxylic acids is 3. The van der Waals surface area contributed by atoms with Crippen molar-refractivity contribution in [3.63, 3.8) is 0 Å². The quantitative estimate of drug-likeness (QED) is 0.433. The monoisotopic (exact) mass is 203 g/mol. The van der Waals surface area contributed by atoms with E-state index in [1.54, 1.807) is 0 Å². The summed E-state index contributed by atoms with van der Waals surface area (Å²) in [6, 6.07) is -1.43. The molecule has 1 aliphatic carbocycles. The second-order valence-electron chi connectivity index (χ2n) is 3.17. The molecule has 7 nitrogen and oxygen atoms in total. The van der Waals surface area contributed by atoms with Crippen molar-refractivity contribution in [1.29, 1.82) is 0 Å². The molecular weight excluding hydrogens is 194 g/mol. The lowest BCUT2D eigenvalue weighted by Gasteiger charge is -2.02. The van der Waals surface area contributed by atoms with Crippen LogP contribution >= 0.6 is 0 Å². The molecule has 4 atom stereocenters. The Morgan fingerprint density at radius 2 is 1.36 bits per heavy atom. The topological polar surface area (TPSA) is 138 Å². The van der Waals surface area contributed by atoms with Crippen LogP contribution in [0, 0.1) is 17.8 Å². The van der Waals surface area contributed by atoms with E-state index >= 15 is 0 Å². The van der Waals surface area contributed by atoms with Crippen molar-refractivity contribution in [1.82, 2.24) is 0 Å². The maximum Gasteiger partial charge on any atom is 0.320 e. The highest BCUT2D eigenvalue weighted by atomic mass is 16.4. The summed E-state index contributed by atoms with van der Waals surface area (Å²) in [6.45, 7) is 0. The van der Waals surface area contributed by atoms with Crippen molar-refractivity contribution in [2.24, 2.45) is 23.5 Å². The molecule has 0 aromatic carbocycles. The zero-order chi connectivity index (χ0) is 11.0. The van der Waals surface area contributed by atoms with Crippen LogP contribution in [0.25, 0.3) is 0 Å². The summed E-state index contributed by atoms with van der Waals surface area (Å²) >= 11 is 0. The van der Waals surface area contributed by atoms with E-state index in [1.165, 1.54) is 0 Å². The van der Waals surface area contributed by atoms with Gasteiger partial charge in [-0.1, -0.05) is 0 Å². The number of carboxylic acids is 3. The Morgan fingerprint density at radius 1 is 1.00 bits per heavy atom. The average molecular weight is 203 g/mol. The molecule has 0 saturated heterocycles. The van der Waals surface area contributed by atoms with Crippen molar-refractivity contribution >= 4 is 17.9 Å². The second kappa shape index (κ2) is 3.26. The molecule has 0 amide bonds. The van der Waals surface area contributed by atoms with Gasteiger partial charge < -0.3 is 21.1 Å². The maximum absolute atomic E-state index is 10.5. The Balaban J connectivity index is 2.77. The van der Waals surface area contributed by atoms with Crippen LogP contribution in [-0.4, -0.2) is 39.3 Å². The van der Waals surface area contributed by atoms with Crippen molar-refractivity contribution in [2.75, 3.05) is 0 Å². The molecule has 1 unspecified atom stereocenters. The van der Waals surface area contributed by atoms with Crippen LogP contribution in [-0.2, 0) is 14.4 Å². The highest BCUT2D eigenvalue weighted by Gasteiger charge is 2.63. The van der Waals surface area contributed by atoms with Gasteiger partial charge in [0, 0.05) is 5.92 Å². The minimum absolute atomic E-state index is 1.01. The highest BCUT2D eigenvalue weighted by Crippen LogP contribution is 2.48. The Labute approximate surface area is 78.1 Å². The van der Waals surface area contributed by atoms with Gasteiger partial charge in [0.05, 0.1) is 11.8 Å². The van der Waals surface area contributed by atoms with Gasteiger partial charge >= 0.3 is 17.9 Å². The van der Waals surface area contributed by atoms with Crippen molar-refractivity contribution in [2.45, 2.75) is 6.04 Å². The Kier molecular flexibility index (Phi) is 2.43. The van der Waals surface area contributed by atoms with Crippen LogP contribution < -0.4 is 5.73 Å². The first-order valence-electron chi connectivity index (χ1n) is 3.82. The van der Waals surface area contributed by atoms with Gasteiger partial charge in [-0.3, -0.25) is 14.4 Å². The van der Waals surface area contributed by atoms with E-state index in [1.807, 2.05) is 0 Å². The molecule has 0 spiro atoms. The molecular formula is C7H9NO6. The third kappa shape index (κ3) is 1.53. The first kappa shape index (κ1) is 10.5. The van der Waals surface area contributed by atoms with E-state index in [0.29, 0.717) is 0 Å². The predicted octanol–water partition coefficient (Wildman–Crippen LogP) is -1.57. The molecule has 1 fully saturated rings. The van der Waals surface area contributed by atoms with Crippen molar-refractivity contribution in [3.8, 4) is 0 Å². The molecule has 14 heavy (non-hydrogen) atoms. The summed E-state index contributed by atoms with van der Waals surface area (Å²) < 4.78 is 0. The summed E-state index contributed by atoms with van der Waals surface area (Å²) in [5.74, 6) is -7.40. The highest BCUT2D eigenvalue weighted by molar-refractivity contribution is 5.89. The molecule has 0 radical (unpaired) electrons. The Bertz CT molecular complexity index is 281. The van der Waals surface area contributed by atoms with Gasteiger partial charge in [0.15, 0.2) is 0 Å². The van der Waals surface area contributed by atoms with E-state index < -0.39 is 41.7 Å². The summed E-state index contributed by atoms with van der Waals surface area (Å²) in [5.41, 5.74) is 5.15. The lowest BCUT2D eigenvalue weighted by molar-refractivity contribution is -0.144. The third-order valence-electron chi connectivity index (χ3n) is 2.35. The summed E-state index contributed by atoms with van der Waals surface area (Å²) in [4.78, 5) is 31.4. The fourth-order valence-electron chi connectivity index (χ4n) is 1.58. The molecule has 1 aliphatic rings. The SMILES string of the molecule is N[C@H](C(=O)O)C1[C@@H](C(=O)O)[C@H]1C(=O)O. The first-order chi connectivity index (χ1) is 6.37. The first-order valence-corrected chi connectivity index (χ1v) is 3.82. The fourth-order valence-corrected chi connectivity index (χ4v) is 1.58. The number of carboxylic acid groups (broad SMARTS) is 3. The average Bonchev–Trinajstić information content (AvgIpc) is 2.76. The summed E-state index contributed by atoms with van der Waals surface area (Å²) in [5, 5.41) is 25.6. The fraction of sp³-hybridized carbons (Fsp3) is 0.571. The summed E-state index contributed by atoms with van der Waals surface area (Å²) in [6.07, 6.45) is 0. The van der Waals surface area contributed by atoms with Crippen molar-refractivity contribution in [3.05, 3.63) is 0 Å². The Morgan fingerprint density at radius 3 is 1.57 bits per heavy atom. The molecule has 0 aliphatic heterocycles. The molecule has 1 rings (SSSR count). The molecule has 5 N–H and O–H groups in total. The second-order valence-corrected chi connectivity index (χ2v) is 3.17. The number of carbonyl (C=O) groups is 3. The smallest absolute Gasteiger partial charge is 0.320 e. The minimum atomic E-state index is -1.43. The normalized spacial score (nSPS) is 31.9. The van der Waals surface area contributed by atoms with E-state index in [9.17, 15) is 14.4 Å². The minimum Gasteiger partial charge on any atom is -0.481 e. The Hall–Kier alpha value is -1.63. The molecule has 1 saturated carbocycles. The van der Waals surface area contributed by atoms with Gasteiger partial charge in [0.1, 0.15) is 6.04 Å². The standard InChI is InChI=1S/C7H9NO6/c8-4(7(13)14)1-2(5(9)10)3(1)6(11)12/h1-4H,8H2,(H,9,10)(H,11,12)(H,13,14)/t1?,2-,3+,4-/m0/s1. The largest absolute Gasteiger partial charge is 0.481 e. The maximum atomic E-state index is 10.5. The number of hydrogen-bond acceptors (Lipinski definition) is 4. The van der Waals surface area contributed by atoms with Gasteiger partial charge in [-0.15, -0.1) is 0 Å². The van der Waals surface area contributed by atoms with Crippen LogP contribution in [0.3, 0.4) is 0 Å². The van der Waals surface area contributed by atoms with Gasteiger partial charge in [0.25, 0.3) is 0 Å². The lowest BCUT2D eigenvalue weighted by atomic mass is 10.1. The molecule has 0 heterocycles. The number of nitrogens with two attached hydrogens (primary N) is 1. The zero-order valence-corrected chi connectivity index (χ0v) is 6.95. The lowest BCUT2D eigenvalue weighted by Crippen LogP contribution is -2.34. The van der Waals surface area contributed by atoms with Gasteiger partial charge in [-0.25, -0.2) is 0 Å². The van der Waals surface area contributed by atoms with Crippen LogP contribution in [0.5, 0.6) is 0 Å². The van der Waals surface area contributed by atoms with E-state index in [0.717, 1.165) is 0 Å².